The van der Waals surface area contributed by atoms with E-state index in [0.717, 1.165) is 0 Å². The molecule has 0 radical (unpaired) electrons. The first-order chi connectivity index (χ1) is 10.0. The minimum absolute atomic E-state index is 0.190. The maximum Gasteiger partial charge on any atom is 0.263 e. The first-order valence-electron chi connectivity index (χ1n) is 6.13. The number of amides is 1. The fourth-order valence-electron chi connectivity index (χ4n) is 1.90. The number of quaternary nitrogens is 1. The molecule has 0 aliphatic heterocycles. The zero-order valence-electron chi connectivity index (χ0n) is 11.2. The van der Waals surface area contributed by atoms with E-state index >= 15 is 0 Å². The average Bonchev–Trinajstić information content (AvgIpc) is 2.47. The van der Waals surface area contributed by atoms with E-state index in [4.69, 9.17) is 0 Å². The normalized spacial score (nSPS) is 10.7. The molecule has 0 bridgehead atoms. The van der Waals surface area contributed by atoms with E-state index in [2.05, 4.69) is 4.98 Å². The Morgan fingerprint density at radius 1 is 1.33 bits per heavy atom. The van der Waals surface area contributed by atoms with Crippen molar-refractivity contribution in [2.24, 2.45) is 0 Å². The van der Waals surface area contributed by atoms with Crippen molar-refractivity contribution in [3.63, 3.8) is 0 Å². The van der Waals surface area contributed by atoms with Crippen molar-refractivity contribution < 1.29 is 19.1 Å². The topological polar surface area (TPSA) is 72.9 Å². The fourth-order valence-corrected chi connectivity index (χ4v) is 1.90. The summed E-state index contributed by atoms with van der Waals surface area (Å²) in [5.41, 5.74) is 1.05. The second-order valence-electron chi connectivity index (χ2n) is 4.32. The van der Waals surface area contributed by atoms with Gasteiger partial charge in [-0.1, -0.05) is 12.1 Å². The molecule has 2 N–H and O–H groups in total. The number of hydrogen-bond acceptors (Lipinski definition) is 3. The lowest BCUT2D eigenvalue weighted by atomic mass is 10.2. The van der Waals surface area contributed by atoms with Crippen LogP contribution in [0.5, 0.6) is 0 Å². The summed E-state index contributed by atoms with van der Waals surface area (Å²) in [7, 11) is 0. The van der Waals surface area contributed by atoms with Gasteiger partial charge < -0.3 is 10.7 Å². The van der Waals surface area contributed by atoms with Gasteiger partial charge in [-0.2, -0.15) is 0 Å². The Balaban J connectivity index is 2.48. The van der Waals surface area contributed by atoms with Gasteiger partial charge in [-0.3, -0.25) is 9.69 Å². The zero-order chi connectivity index (χ0) is 15.4. The summed E-state index contributed by atoms with van der Waals surface area (Å²) in [5, 5.41) is 10.8. The molecular formula is C14H13F2N3O2. The Labute approximate surface area is 119 Å². The van der Waals surface area contributed by atoms with Gasteiger partial charge >= 0.3 is 0 Å². The number of benzene rings is 1. The Bertz CT molecular complexity index is 650. The summed E-state index contributed by atoms with van der Waals surface area (Å²) in [4.78, 5) is 17.0. The monoisotopic (exact) mass is 293 g/mol. The van der Waals surface area contributed by atoms with Crippen molar-refractivity contribution >= 4 is 23.1 Å². The van der Waals surface area contributed by atoms with E-state index in [-0.39, 0.29) is 17.1 Å². The lowest BCUT2D eigenvalue weighted by Gasteiger charge is -2.21. The molecule has 0 fully saturated rings. The Kier molecular flexibility index (Phi) is 4.56. The van der Waals surface area contributed by atoms with Gasteiger partial charge in [0.15, 0.2) is 0 Å². The number of nitrogens with zero attached hydrogens (tertiary/aromatic N) is 2. The van der Waals surface area contributed by atoms with Crippen LogP contribution in [0.3, 0.4) is 0 Å². The Morgan fingerprint density at radius 3 is 2.71 bits per heavy atom. The number of hydrogen-bond donors (Lipinski definition) is 1. The number of pyridine rings is 1. The van der Waals surface area contributed by atoms with Crippen molar-refractivity contribution in [2.45, 2.75) is 13.3 Å². The number of anilines is 2. The second-order valence-corrected chi connectivity index (χ2v) is 4.32. The maximum absolute atomic E-state index is 12.8. The van der Waals surface area contributed by atoms with Crippen LogP contribution in [0.15, 0.2) is 42.6 Å². The minimum atomic E-state index is -2.63. The molecule has 0 aliphatic rings. The van der Waals surface area contributed by atoms with Crippen LogP contribution >= 0.6 is 0 Å². The molecule has 5 nitrogen and oxygen atoms in total. The lowest BCUT2D eigenvalue weighted by Crippen LogP contribution is -2.70. The molecule has 2 rings (SSSR count). The molecule has 1 amide bonds. The highest BCUT2D eigenvalue weighted by atomic mass is 19.3. The number of aromatic nitrogens is 1. The number of nitrogens with two attached hydrogens (primary N) is 1. The molecule has 7 heteroatoms. The van der Waals surface area contributed by atoms with Gasteiger partial charge in [0.25, 0.3) is 6.43 Å². The summed E-state index contributed by atoms with van der Waals surface area (Å²) in [6.45, 7) is 1.30. The van der Waals surface area contributed by atoms with E-state index in [1.165, 1.54) is 54.4 Å². The van der Waals surface area contributed by atoms with Crippen LogP contribution in [0.1, 0.15) is 18.9 Å². The van der Waals surface area contributed by atoms with Crippen LogP contribution in [-0.4, -0.2) is 10.9 Å². The van der Waals surface area contributed by atoms with E-state index in [1.54, 1.807) is 0 Å². The van der Waals surface area contributed by atoms with Gasteiger partial charge in [0.05, 0.1) is 5.69 Å². The first-order valence-corrected chi connectivity index (χ1v) is 6.13. The maximum atomic E-state index is 12.8. The average molecular weight is 293 g/mol. The van der Waals surface area contributed by atoms with Crippen LogP contribution in [0.25, 0.3) is 0 Å². The molecular weight excluding hydrogens is 280 g/mol. The molecule has 0 saturated carbocycles. The molecule has 1 aromatic heterocycles. The van der Waals surface area contributed by atoms with Crippen molar-refractivity contribution in [2.75, 3.05) is 4.90 Å². The van der Waals surface area contributed by atoms with E-state index in [9.17, 15) is 18.8 Å². The predicted molar refractivity (Wildman–Crippen MR) is 73.4 cm³/mol. The van der Waals surface area contributed by atoms with Crippen LogP contribution in [0.2, 0.25) is 0 Å². The zero-order valence-corrected chi connectivity index (χ0v) is 11.2. The second kappa shape index (κ2) is 6.38. The first kappa shape index (κ1) is 15.0. The number of rotatable bonds is 4. The third-order valence-electron chi connectivity index (χ3n) is 2.83. The van der Waals surface area contributed by atoms with Crippen LogP contribution < -0.4 is 10.4 Å². The molecule has 0 unspecified atom stereocenters. The molecule has 1 heterocycles. The SMILES string of the molecule is CC(=O)N(c1cccc(C(F)F)c1)c1cc([NH2+][O-])ccn1. The van der Waals surface area contributed by atoms with Crippen molar-refractivity contribution in [1.82, 2.24) is 4.98 Å². The standard InChI is InChI=1S/C14H13F2N3O2/c1-9(20)19(13-8-11(18-21)5-6-17-13)12-4-2-3-10(7-12)14(15)16/h2-8,14H,18H2,1H3. The van der Waals surface area contributed by atoms with Crippen molar-refractivity contribution in [3.05, 3.63) is 53.4 Å². The number of halogens is 2. The fraction of sp³-hybridized carbons (Fsp3) is 0.143. The molecule has 2 aromatic rings. The Hall–Kier alpha value is -2.38. The molecule has 0 saturated heterocycles. The summed E-state index contributed by atoms with van der Waals surface area (Å²) < 4.78 is 25.5. The molecule has 1 aromatic carbocycles. The molecule has 0 atom stereocenters. The molecule has 0 spiro atoms. The number of carbonyl (C=O) groups excluding carboxylic acids is 1. The van der Waals surface area contributed by atoms with Crippen LogP contribution in [0, 0.1) is 5.21 Å². The van der Waals surface area contributed by atoms with Gasteiger partial charge in [0, 0.05) is 30.8 Å². The summed E-state index contributed by atoms with van der Waals surface area (Å²) in [5.74, 6) is -0.185. The highest BCUT2D eigenvalue weighted by molar-refractivity contribution is 5.98. The highest BCUT2D eigenvalue weighted by Gasteiger charge is 2.18. The Morgan fingerprint density at radius 2 is 2.10 bits per heavy atom. The van der Waals surface area contributed by atoms with Gasteiger partial charge in [0.2, 0.25) is 5.91 Å². The molecule has 21 heavy (non-hydrogen) atoms. The predicted octanol–water partition coefficient (Wildman–Crippen LogP) is 2.40. The minimum Gasteiger partial charge on any atom is -0.630 e. The third kappa shape index (κ3) is 3.39. The highest BCUT2D eigenvalue weighted by Crippen LogP contribution is 2.28. The summed E-state index contributed by atoms with van der Waals surface area (Å²) >= 11 is 0. The van der Waals surface area contributed by atoms with Gasteiger partial charge in [-0.15, -0.1) is 0 Å². The van der Waals surface area contributed by atoms with E-state index < -0.39 is 12.3 Å². The van der Waals surface area contributed by atoms with Crippen molar-refractivity contribution in [1.29, 1.82) is 0 Å². The quantitative estimate of drug-likeness (QED) is 0.880. The smallest absolute Gasteiger partial charge is 0.263 e. The number of carbonyl (C=O) groups is 1. The molecule has 110 valence electrons. The summed E-state index contributed by atoms with van der Waals surface area (Å²) in [6.07, 6.45) is -1.25. The van der Waals surface area contributed by atoms with Crippen LogP contribution in [-0.2, 0) is 4.79 Å². The van der Waals surface area contributed by atoms with Gasteiger partial charge in [-0.05, 0) is 12.1 Å². The van der Waals surface area contributed by atoms with E-state index in [0.29, 0.717) is 11.2 Å². The third-order valence-corrected chi connectivity index (χ3v) is 2.83. The number of alkyl halides is 2. The van der Waals surface area contributed by atoms with Crippen molar-refractivity contribution in [3.8, 4) is 0 Å². The van der Waals surface area contributed by atoms with Gasteiger partial charge in [-0.25, -0.2) is 13.8 Å². The largest absolute Gasteiger partial charge is 0.630 e. The lowest BCUT2D eigenvalue weighted by molar-refractivity contribution is -0.497. The summed E-state index contributed by atoms with van der Waals surface area (Å²) in [6, 6.07) is 8.38. The van der Waals surface area contributed by atoms with Crippen LogP contribution in [0.4, 0.5) is 26.0 Å². The van der Waals surface area contributed by atoms with E-state index in [1.807, 2.05) is 0 Å². The van der Waals surface area contributed by atoms with Gasteiger partial charge in [0.1, 0.15) is 11.5 Å². The molecule has 0 aliphatic carbocycles.